The van der Waals surface area contributed by atoms with Crippen molar-refractivity contribution < 1.29 is 24.4 Å². The third kappa shape index (κ3) is 1.59. The summed E-state index contributed by atoms with van der Waals surface area (Å²) in [5, 5.41) is 22.6. The lowest BCUT2D eigenvalue weighted by Crippen LogP contribution is -2.76. The van der Waals surface area contributed by atoms with Gasteiger partial charge < -0.3 is 29.3 Å². The number of rotatable bonds is 1. The molecule has 26 heavy (non-hydrogen) atoms. The molecule has 140 valence electrons. The van der Waals surface area contributed by atoms with Crippen molar-refractivity contribution in [2.24, 2.45) is 5.92 Å². The minimum atomic E-state index is -0.841. The molecule has 2 bridgehead atoms. The number of phenols is 1. The molecule has 1 unspecified atom stereocenters. The van der Waals surface area contributed by atoms with E-state index in [9.17, 15) is 10.2 Å². The molecule has 1 aromatic rings. The number of hydrogen-bond donors (Lipinski definition) is 2. The number of hydrogen-bond acceptors (Lipinski definition) is 6. The fourth-order valence-electron chi connectivity index (χ4n) is 6.69. The van der Waals surface area contributed by atoms with Gasteiger partial charge in [-0.3, -0.25) is 0 Å². The van der Waals surface area contributed by atoms with Crippen LogP contribution < -0.4 is 4.74 Å². The Bertz CT molecular complexity index is 778. The molecule has 6 nitrogen and oxygen atoms in total. The molecule has 0 aromatic heterocycles. The number of aliphatic hydroxyl groups is 1. The molecule has 2 saturated heterocycles. The van der Waals surface area contributed by atoms with Gasteiger partial charge in [0.05, 0.1) is 24.2 Å². The summed E-state index contributed by atoms with van der Waals surface area (Å²) in [5.41, 5.74) is 0.933. The highest BCUT2D eigenvalue weighted by molar-refractivity contribution is 5.62. The van der Waals surface area contributed by atoms with Crippen LogP contribution in [0.5, 0.6) is 11.5 Å². The molecule has 0 amide bonds. The Hall–Kier alpha value is -1.34. The first-order chi connectivity index (χ1) is 12.6. The molecule has 2 N–H and O–H groups in total. The fourth-order valence-corrected chi connectivity index (χ4v) is 6.69. The predicted octanol–water partition coefficient (Wildman–Crippen LogP) is 1.17. The van der Waals surface area contributed by atoms with E-state index >= 15 is 0 Å². The van der Waals surface area contributed by atoms with Gasteiger partial charge in [-0.15, -0.1) is 0 Å². The molecule has 5 aliphatic rings. The molecular formula is C20H25NO5. The lowest BCUT2D eigenvalue weighted by atomic mass is 9.47. The number of benzene rings is 1. The number of ether oxygens (including phenoxy) is 3. The molecule has 0 radical (unpaired) electrons. The summed E-state index contributed by atoms with van der Waals surface area (Å²) < 4.78 is 18.1. The Labute approximate surface area is 152 Å². The summed E-state index contributed by atoms with van der Waals surface area (Å²) in [6, 6.07) is 3.83. The van der Waals surface area contributed by atoms with Gasteiger partial charge in [0.1, 0.15) is 6.10 Å². The maximum atomic E-state index is 12.0. The first-order valence-electron chi connectivity index (χ1n) is 9.74. The van der Waals surface area contributed by atoms with Crippen molar-refractivity contribution in [3.8, 4) is 11.5 Å². The Morgan fingerprint density at radius 3 is 2.81 bits per heavy atom. The molecule has 3 fully saturated rings. The number of nitrogens with zero attached hydrogens (tertiary/aromatic N) is 1. The number of phenolic OH excluding ortho intramolecular Hbond substituents is 1. The van der Waals surface area contributed by atoms with Crippen LogP contribution in [0, 0.1) is 5.92 Å². The van der Waals surface area contributed by atoms with Gasteiger partial charge in [-0.1, -0.05) is 6.07 Å². The van der Waals surface area contributed by atoms with Crippen LogP contribution in [-0.4, -0.2) is 66.0 Å². The van der Waals surface area contributed by atoms with Crippen LogP contribution >= 0.6 is 0 Å². The van der Waals surface area contributed by atoms with Crippen molar-refractivity contribution in [2.75, 3.05) is 26.8 Å². The topological polar surface area (TPSA) is 71.4 Å². The number of likely N-dealkylation sites (N-methyl/N-ethyl adjacent to an activating group) is 1. The van der Waals surface area contributed by atoms with E-state index in [1.54, 1.807) is 6.07 Å². The Morgan fingerprint density at radius 2 is 2.00 bits per heavy atom. The van der Waals surface area contributed by atoms with Crippen molar-refractivity contribution >= 4 is 0 Å². The lowest BCUT2D eigenvalue weighted by Gasteiger charge is -2.64. The van der Waals surface area contributed by atoms with E-state index in [-0.39, 0.29) is 30.1 Å². The van der Waals surface area contributed by atoms with Gasteiger partial charge >= 0.3 is 0 Å². The minimum absolute atomic E-state index is 0.0691. The van der Waals surface area contributed by atoms with Gasteiger partial charge in [0.15, 0.2) is 17.8 Å². The van der Waals surface area contributed by atoms with Crippen LogP contribution in [0.2, 0.25) is 0 Å². The van der Waals surface area contributed by atoms with Gasteiger partial charge in [-0.25, -0.2) is 0 Å². The number of likely N-dealkylation sites (tertiary alicyclic amines) is 1. The molecule has 1 aromatic carbocycles. The van der Waals surface area contributed by atoms with Gasteiger partial charge in [0.25, 0.3) is 0 Å². The molecule has 3 aliphatic heterocycles. The first-order valence-corrected chi connectivity index (χ1v) is 9.74. The SMILES string of the molecule is CN1CC[C@]23c4c5ccc(O)c4O[C@H]2C(C2OCCO2)CC[C@@]3(O)[C@H]1C5. The summed E-state index contributed by atoms with van der Waals surface area (Å²) in [6.07, 6.45) is 2.65. The van der Waals surface area contributed by atoms with Crippen LogP contribution in [0.3, 0.4) is 0 Å². The smallest absolute Gasteiger partial charge is 0.165 e. The maximum absolute atomic E-state index is 12.0. The summed E-state index contributed by atoms with van der Waals surface area (Å²) in [6.45, 7) is 2.14. The van der Waals surface area contributed by atoms with Gasteiger partial charge in [-0.2, -0.15) is 0 Å². The molecule has 6 rings (SSSR count). The molecule has 1 spiro atoms. The van der Waals surface area contributed by atoms with Crippen LogP contribution in [0.25, 0.3) is 0 Å². The van der Waals surface area contributed by atoms with Crippen molar-refractivity contribution in [2.45, 2.75) is 55.1 Å². The molecule has 1 saturated carbocycles. The highest BCUT2D eigenvalue weighted by Crippen LogP contribution is 2.66. The van der Waals surface area contributed by atoms with E-state index in [1.165, 1.54) is 5.56 Å². The second-order valence-corrected chi connectivity index (χ2v) is 8.65. The molecule has 3 heterocycles. The van der Waals surface area contributed by atoms with Gasteiger partial charge in [-0.05, 0) is 50.9 Å². The second kappa shape index (κ2) is 4.93. The van der Waals surface area contributed by atoms with Gasteiger partial charge in [0, 0.05) is 17.5 Å². The van der Waals surface area contributed by atoms with Crippen molar-refractivity contribution in [1.29, 1.82) is 0 Å². The van der Waals surface area contributed by atoms with Crippen LogP contribution in [0.15, 0.2) is 12.1 Å². The second-order valence-electron chi connectivity index (χ2n) is 8.65. The van der Waals surface area contributed by atoms with E-state index in [2.05, 4.69) is 11.9 Å². The normalized spacial score (nSPS) is 44.0. The van der Waals surface area contributed by atoms with E-state index in [4.69, 9.17) is 14.2 Å². The number of piperidine rings is 1. The lowest BCUT2D eigenvalue weighted by molar-refractivity contribution is -0.221. The maximum Gasteiger partial charge on any atom is 0.165 e. The van der Waals surface area contributed by atoms with Crippen LogP contribution in [-0.2, 0) is 21.3 Å². The van der Waals surface area contributed by atoms with E-state index in [0.29, 0.717) is 25.4 Å². The third-order valence-electron chi connectivity index (χ3n) is 7.77. The van der Waals surface area contributed by atoms with E-state index in [1.807, 2.05) is 6.07 Å². The zero-order chi connectivity index (χ0) is 17.7. The monoisotopic (exact) mass is 359 g/mol. The summed E-state index contributed by atoms with van der Waals surface area (Å²) in [4.78, 5) is 2.30. The number of aromatic hydroxyl groups is 1. The minimum Gasteiger partial charge on any atom is -0.504 e. The zero-order valence-electron chi connectivity index (χ0n) is 15.0. The fraction of sp³-hybridized carbons (Fsp3) is 0.700. The Balaban J connectivity index is 1.58. The zero-order valence-corrected chi connectivity index (χ0v) is 15.0. The largest absolute Gasteiger partial charge is 0.504 e. The van der Waals surface area contributed by atoms with Crippen molar-refractivity contribution in [1.82, 2.24) is 4.90 Å². The molecule has 2 aliphatic carbocycles. The quantitative estimate of drug-likeness (QED) is 0.784. The van der Waals surface area contributed by atoms with Crippen molar-refractivity contribution in [3.63, 3.8) is 0 Å². The Morgan fingerprint density at radius 1 is 1.19 bits per heavy atom. The third-order valence-corrected chi connectivity index (χ3v) is 7.77. The van der Waals surface area contributed by atoms with Crippen LogP contribution in [0.4, 0.5) is 0 Å². The predicted molar refractivity (Wildman–Crippen MR) is 92.3 cm³/mol. The van der Waals surface area contributed by atoms with Gasteiger partial charge in [0.2, 0.25) is 0 Å². The average molecular weight is 359 g/mol. The summed E-state index contributed by atoms with van der Waals surface area (Å²) in [5.74, 6) is 0.831. The van der Waals surface area contributed by atoms with Crippen LogP contribution in [0.1, 0.15) is 30.4 Å². The molecular weight excluding hydrogens is 334 g/mol. The summed E-state index contributed by atoms with van der Waals surface area (Å²) in [7, 11) is 2.11. The highest BCUT2D eigenvalue weighted by atomic mass is 16.7. The standard InChI is InChI=1S/C20H25NO5/c1-21-7-6-19-15-11-2-3-13(22)16(15)26-17(19)12(18-24-8-9-25-18)4-5-20(19,23)14(21)10-11/h2-3,12,14,17-18,22-23H,4-10H2,1H3/t12?,14-,17+,19+,20-/m1/s1. The van der Waals surface area contributed by atoms with Crippen molar-refractivity contribution in [3.05, 3.63) is 23.3 Å². The highest BCUT2D eigenvalue weighted by Gasteiger charge is 2.73. The van der Waals surface area contributed by atoms with E-state index in [0.717, 1.165) is 31.4 Å². The van der Waals surface area contributed by atoms with E-state index < -0.39 is 11.0 Å². The molecule has 5 atom stereocenters. The average Bonchev–Trinajstić information content (AvgIpc) is 3.26. The first kappa shape index (κ1) is 15.7. The summed E-state index contributed by atoms with van der Waals surface area (Å²) >= 11 is 0. The Kier molecular flexibility index (Phi) is 2.97. The molecule has 6 heteroatoms.